The fraction of sp³-hybridized carbons (Fsp3) is 0.500. The van der Waals surface area contributed by atoms with Crippen LogP contribution in [0.25, 0.3) is 0 Å². The van der Waals surface area contributed by atoms with Gasteiger partial charge in [0.1, 0.15) is 25.3 Å². The van der Waals surface area contributed by atoms with E-state index < -0.39 is 61.7 Å². The Morgan fingerprint density at radius 1 is 0.667 bits per heavy atom. The zero-order valence-corrected chi connectivity index (χ0v) is 22.4. The molecular formula is C28H32F6N2O6. The zero-order chi connectivity index (χ0) is 30.9. The molecule has 0 aliphatic carbocycles. The Balaban J connectivity index is 0.000000230. The molecule has 2 fully saturated rings. The number of hydrogen-bond acceptors (Lipinski definition) is 6. The maximum atomic E-state index is 12.9. The number of hydrogen-bond donors (Lipinski definition) is 2. The topological polar surface area (TPSA) is 99.5 Å². The molecule has 4 atom stereocenters. The van der Waals surface area contributed by atoms with Crippen molar-refractivity contribution < 1.29 is 55.6 Å². The predicted octanol–water partition coefficient (Wildman–Crippen LogP) is 5.42. The third kappa shape index (κ3) is 9.79. The summed E-state index contributed by atoms with van der Waals surface area (Å²) >= 11 is 0. The van der Waals surface area contributed by atoms with Crippen LogP contribution in [0.1, 0.15) is 36.8 Å². The van der Waals surface area contributed by atoms with Gasteiger partial charge < -0.3 is 19.7 Å². The third-order valence-corrected chi connectivity index (χ3v) is 6.78. The van der Waals surface area contributed by atoms with Gasteiger partial charge in [-0.25, -0.2) is 9.59 Å². The average Bonchev–Trinajstić information content (AvgIpc) is 2.95. The number of rotatable bonds is 4. The SMILES string of the molecule is O=C(OCc1ccccc1)N1CC[C@@H](O)C[C@@H]1C(F)(F)F.O=C(OCc1ccccc1)N1CC[C@H](O)C[C@H]1C(F)(F)F. The maximum absolute atomic E-state index is 12.9. The quantitative estimate of drug-likeness (QED) is 0.451. The number of alkyl halides is 6. The van der Waals surface area contributed by atoms with E-state index in [0.29, 0.717) is 20.9 Å². The number of benzene rings is 2. The molecule has 2 heterocycles. The van der Waals surface area contributed by atoms with Gasteiger partial charge in [-0.1, -0.05) is 60.7 Å². The van der Waals surface area contributed by atoms with E-state index in [1.165, 1.54) is 0 Å². The van der Waals surface area contributed by atoms with Crippen LogP contribution in [0.2, 0.25) is 0 Å². The lowest BCUT2D eigenvalue weighted by atomic mass is 9.99. The molecule has 0 aromatic heterocycles. The van der Waals surface area contributed by atoms with E-state index in [0.717, 1.165) is 0 Å². The minimum atomic E-state index is -4.58. The van der Waals surface area contributed by atoms with Crippen LogP contribution in [0.4, 0.5) is 35.9 Å². The fourth-order valence-electron chi connectivity index (χ4n) is 4.56. The highest BCUT2D eigenvalue weighted by molar-refractivity contribution is 5.69. The first-order chi connectivity index (χ1) is 19.8. The highest BCUT2D eigenvalue weighted by Crippen LogP contribution is 2.33. The van der Waals surface area contributed by atoms with Gasteiger partial charge in [0.2, 0.25) is 0 Å². The summed E-state index contributed by atoms with van der Waals surface area (Å²) in [5.41, 5.74) is 1.40. The molecule has 0 bridgehead atoms. The zero-order valence-electron chi connectivity index (χ0n) is 22.4. The number of piperidine rings is 2. The van der Waals surface area contributed by atoms with Crippen LogP contribution < -0.4 is 0 Å². The molecule has 4 rings (SSSR count). The molecule has 232 valence electrons. The maximum Gasteiger partial charge on any atom is 0.410 e. The molecule has 8 nitrogen and oxygen atoms in total. The standard InChI is InChI=1S/2C14H16F3NO3/c2*15-14(16,17)12-8-11(19)6-7-18(12)13(20)21-9-10-4-2-1-3-5-10/h2*1-5,11-12,19H,6-9H2/t2*11-,12-/m10/s1. The van der Waals surface area contributed by atoms with Crippen LogP contribution in [0.3, 0.4) is 0 Å². The van der Waals surface area contributed by atoms with Crippen molar-refractivity contribution in [2.75, 3.05) is 13.1 Å². The van der Waals surface area contributed by atoms with E-state index >= 15 is 0 Å². The van der Waals surface area contributed by atoms with Crippen LogP contribution in [0, 0.1) is 0 Å². The Kier molecular flexibility index (Phi) is 11.5. The van der Waals surface area contributed by atoms with Crippen molar-refractivity contribution in [3.8, 4) is 0 Å². The lowest BCUT2D eigenvalue weighted by molar-refractivity contribution is -0.194. The smallest absolute Gasteiger partial charge is 0.410 e. The van der Waals surface area contributed by atoms with Gasteiger partial charge in [-0.05, 0) is 24.0 Å². The number of carbonyl (C=O) groups excluding carboxylic acids is 2. The van der Waals surface area contributed by atoms with E-state index in [1.807, 2.05) is 0 Å². The van der Waals surface area contributed by atoms with Crippen molar-refractivity contribution in [2.45, 2.75) is 75.5 Å². The van der Waals surface area contributed by atoms with Crippen molar-refractivity contribution >= 4 is 12.2 Å². The van der Waals surface area contributed by atoms with E-state index in [2.05, 4.69) is 0 Å². The van der Waals surface area contributed by atoms with Crippen molar-refractivity contribution in [3.05, 3.63) is 71.8 Å². The second-order valence-electron chi connectivity index (χ2n) is 9.94. The van der Waals surface area contributed by atoms with E-state index in [1.54, 1.807) is 60.7 Å². The molecular weight excluding hydrogens is 574 g/mol. The number of aliphatic hydroxyl groups excluding tert-OH is 2. The number of likely N-dealkylation sites (tertiary alicyclic amines) is 2. The Bertz CT molecular complexity index is 1050. The fourth-order valence-corrected chi connectivity index (χ4v) is 4.56. The number of halogens is 6. The first-order valence-electron chi connectivity index (χ1n) is 13.2. The van der Waals surface area contributed by atoms with Crippen molar-refractivity contribution in [3.63, 3.8) is 0 Å². The third-order valence-electron chi connectivity index (χ3n) is 6.78. The van der Waals surface area contributed by atoms with Crippen molar-refractivity contribution in [1.82, 2.24) is 9.80 Å². The molecule has 2 saturated heterocycles. The lowest BCUT2D eigenvalue weighted by Gasteiger charge is -2.37. The molecule has 2 N–H and O–H groups in total. The molecule has 14 heteroatoms. The Labute approximate surface area is 238 Å². The van der Waals surface area contributed by atoms with Gasteiger partial charge in [-0.2, -0.15) is 26.3 Å². The Morgan fingerprint density at radius 2 is 1.00 bits per heavy atom. The van der Waals surface area contributed by atoms with Gasteiger partial charge in [-0.15, -0.1) is 0 Å². The molecule has 2 aromatic rings. The van der Waals surface area contributed by atoms with Crippen LogP contribution in [0.5, 0.6) is 0 Å². The van der Waals surface area contributed by atoms with Crippen LogP contribution in [0.15, 0.2) is 60.7 Å². The van der Waals surface area contributed by atoms with Crippen molar-refractivity contribution in [2.24, 2.45) is 0 Å². The summed E-state index contributed by atoms with van der Waals surface area (Å²) < 4.78 is 87.4. The summed E-state index contributed by atoms with van der Waals surface area (Å²) in [5, 5.41) is 18.7. The highest BCUT2D eigenvalue weighted by Gasteiger charge is 2.50. The number of ether oxygens (including phenoxy) is 2. The summed E-state index contributed by atoms with van der Waals surface area (Å²) in [7, 11) is 0. The summed E-state index contributed by atoms with van der Waals surface area (Å²) in [6.45, 7) is -0.495. The minimum absolute atomic E-state index is 0.0801. The molecule has 2 aliphatic rings. The summed E-state index contributed by atoms with van der Waals surface area (Å²) in [6, 6.07) is 13.4. The number of nitrogens with zero attached hydrogens (tertiary/aromatic N) is 2. The average molecular weight is 607 g/mol. The van der Waals surface area contributed by atoms with Crippen molar-refractivity contribution in [1.29, 1.82) is 0 Å². The number of aliphatic hydroxyl groups is 2. The number of carbonyl (C=O) groups is 2. The number of amides is 2. The molecule has 2 aliphatic heterocycles. The normalized spacial score (nSPS) is 23.0. The molecule has 0 spiro atoms. The van der Waals surface area contributed by atoms with Crippen LogP contribution in [-0.4, -0.2) is 81.9 Å². The largest absolute Gasteiger partial charge is 0.445 e. The van der Waals surface area contributed by atoms with E-state index in [-0.39, 0.29) is 39.1 Å². The van der Waals surface area contributed by atoms with Crippen LogP contribution in [-0.2, 0) is 22.7 Å². The summed E-state index contributed by atoms with van der Waals surface area (Å²) in [4.78, 5) is 25.0. The second-order valence-corrected chi connectivity index (χ2v) is 9.94. The first-order valence-corrected chi connectivity index (χ1v) is 13.2. The van der Waals surface area contributed by atoms with Gasteiger partial charge in [0, 0.05) is 25.9 Å². The Morgan fingerprint density at radius 3 is 1.31 bits per heavy atom. The van der Waals surface area contributed by atoms with Gasteiger partial charge in [0.15, 0.2) is 0 Å². The predicted molar refractivity (Wildman–Crippen MR) is 137 cm³/mol. The lowest BCUT2D eigenvalue weighted by Crippen LogP contribution is -2.54. The summed E-state index contributed by atoms with van der Waals surface area (Å²) in [5.74, 6) is 0. The van der Waals surface area contributed by atoms with Gasteiger partial charge in [0.25, 0.3) is 0 Å². The monoisotopic (exact) mass is 606 g/mol. The molecule has 2 amide bonds. The minimum Gasteiger partial charge on any atom is -0.445 e. The molecule has 0 saturated carbocycles. The van der Waals surface area contributed by atoms with Gasteiger partial charge >= 0.3 is 24.5 Å². The highest BCUT2D eigenvalue weighted by atomic mass is 19.4. The Hall–Kier alpha value is -3.52. The second kappa shape index (κ2) is 14.6. The van der Waals surface area contributed by atoms with E-state index in [4.69, 9.17) is 9.47 Å². The van der Waals surface area contributed by atoms with Gasteiger partial charge in [-0.3, -0.25) is 9.80 Å². The first kappa shape index (κ1) is 33.0. The molecule has 0 unspecified atom stereocenters. The van der Waals surface area contributed by atoms with Crippen LogP contribution >= 0.6 is 0 Å². The van der Waals surface area contributed by atoms with Gasteiger partial charge in [0.05, 0.1) is 12.2 Å². The summed E-state index contributed by atoms with van der Waals surface area (Å²) in [6.07, 6.45) is -14.0. The molecule has 2 aromatic carbocycles. The van der Waals surface area contributed by atoms with E-state index in [9.17, 15) is 46.1 Å². The molecule has 42 heavy (non-hydrogen) atoms. The molecule has 0 radical (unpaired) electrons.